The third kappa shape index (κ3) is 2.15. The molecule has 0 saturated carbocycles. The third-order valence-corrected chi connectivity index (χ3v) is 2.33. The van der Waals surface area contributed by atoms with Gasteiger partial charge in [-0.15, -0.1) is 0 Å². The molecule has 0 radical (unpaired) electrons. The van der Waals surface area contributed by atoms with Crippen LogP contribution in [0.5, 0.6) is 0 Å². The van der Waals surface area contributed by atoms with Gasteiger partial charge in [0.2, 0.25) is 0 Å². The number of carbonyl (C=O) groups excluding carboxylic acids is 1. The third-order valence-electron chi connectivity index (χ3n) is 2.33. The van der Waals surface area contributed by atoms with Gasteiger partial charge in [-0.2, -0.15) is 5.10 Å². The summed E-state index contributed by atoms with van der Waals surface area (Å²) in [5.41, 5.74) is 1.22. The Morgan fingerprint density at radius 3 is 2.94 bits per heavy atom. The fourth-order valence-electron chi connectivity index (χ4n) is 1.52. The Kier molecular flexibility index (Phi) is 3.12. The summed E-state index contributed by atoms with van der Waals surface area (Å²) in [6, 6.07) is 3.11. The predicted octanol–water partition coefficient (Wildman–Crippen LogP) is -0.809. The van der Waals surface area contributed by atoms with Crippen LogP contribution in [0.1, 0.15) is 17.3 Å². The summed E-state index contributed by atoms with van der Waals surface area (Å²) in [4.78, 5) is 11.6. The molecule has 7 heteroatoms. The number of nitrogens with zero attached hydrogens (tertiary/aromatic N) is 2. The van der Waals surface area contributed by atoms with Crippen LogP contribution in [-0.2, 0) is 4.74 Å². The van der Waals surface area contributed by atoms with Gasteiger partial charge in [-0.05, 0) is 13.0 Å². The van der Waals surface area contributed by atoms with Gasteiger partial charge in [0.15, 0.2) is 0 Å². The van der Waals surface area contributed by atoms with Crippen LogP contribution >= 0.6 is 0 Å². The molecule has 2 aromatic heterocycles. The summed E-state index contributed by atoms with van der Waals surface area (Å²) >= 11 is 0. The molecule has 2 heterocycles. The number of hydrogen-bond donors (Lipinski definition) is 2. The molecule has 88 valence electrons. The Balaban J connectivity index is 2.45. The summed E-state index contributed by atoms with van der Waals surface area (Å²) in [6.07, 6.45) is 2.84. The first kappa shape index (κ1) is 11.6. The number of rotatable bonds is 3. The van der Waals surface area contributed by atoms with E-state index in [1.54, 1.807) is 13.0 Å². The molecule has 0 amide bonds. The van der Waals surface area contributed by atoms with Crippen LogP contribution in [0.15, 0.2) is 24.5 Å². The molecule has 0 aromatic carbocycles. The van der Waals surface area contributed by atoms with E-state index in [-0.39, 0.29) is 0 Å². The van der Waals surface area contributed by atoms with E-state index >= 15 is 0 Å². The maximum absolute atomic E-state index is 11.6. The van der Waals surface area contributed by atoms with Gasteiger partial charge < -0.3 is 14.8 Å². The van der Waals surface area contributed by atoms with Gasteiger partial charge in [0, 0.05) is 11.7 Å². The Bertz CT molecular complexity index is 552. The quantitative estimate of drug-likeness (QED) is 0.536. The van der Waals surface area contributed by atoms with E-state index in [1.165, 1.54) is 23.0 Å². The number of pyridine rings is 1. The van der Waals surface area contributed by atoms with Gasteiger partial charge in [0.25, 0.3) is 0 Å². The molecule has 17 heavy (non-hydrogen) atoms. The lowest BCUT2D eigenvalue weighted by Gasteiger charge is -2.02. The molecule has 0 unspecified atom stereocenters. The molecule has 2 rings (SSSR count). The topological polar surface area (TPSA) is 84.1 Å². The van der Waals surface area contributed by atoms with E-state index in [0.717, 1.165) is 0 Å². The van der Waals surface area contributed by atoms with E-state index in [1.807, 2.05) is 0 Å². The standard InChI is InChI=1S/C10H11BN2O4/c1-2-17-10(14)8-5-12-13-6-7(11(15)16)3-4-9(8)13/h3-6,15-16H,2H2,1H3. The normalized spacial score (nSPS) is 10.5. The molecule has 0 aliphatic rings. The molecule has 0 saturated heterocycles. The Morgan fingerprint density at radius 2 is 2.29 bits per heavy atom. The number of hydrogen-bond acceptors (Lipinski definition) is 5. The summed E-state index contributed by atoms with van der Waals surface area (Å²) in [6.45, 7) is 2.02. The van der Waals surface area contributed by atoms with Crippen molar-refractivity contribution >= 4 is 24.1 Å². The molecule has 2 N–H and O–H groups in total. The molecule has 0 aliphatic heterocycles. The fourth-order valence-corrected chi connectivity index (χ4v) is 1.52. The minimum Gasteiger partial charge on any atom is -0.462 e. The number of esters is 1. The van der Waals surface area contributed by atoms with Crippen molar-refractivity contribution in [3.8, 4) is 0 Å². The average molecular weight is 234 g/mol. The Morgan fingerprint density at radius 1 is 1.53 bits per heavy atom. The van der Waals surface area contributed by atoms with Crippen LogP contribution in [0.4, 0.5) is 0 Å². The zero-order valence-corrected chi connectivity index (χ0v) is 9.20. The zero-order chi connectivity index (χ0) is 12.4. The van der Waals surface area contributed by atoms with E-state index < -0.39 is 13.1 Å². The number of ether oxygens (including phenoxy) is 1. The zero-order valence-electron chi connectivity index (χ0n) is 9.20. The SMILES string of the molecule is CCOC(=O)c1cnn2cc(B(O)O)ccc12. The summed E-state index contributed by atoms with van der Waals surface area (Å²) in [5, 5.41) is 22.0. The van der Waals surface area contributed by atoms with E-state index in [2.05, 4.69) is 5.10 Å². The van der Waals surface area contributed by atoms with Crippen molar-refractivity contribution in [3.63, 3.8) is 0 Å². The van der Waals surface area contributed by atoms with Crippen molar-refractivity contribution in [2.45, 2.75) is 6.92 Å². The smallest absolute Gasteiger partial charge is 0.462 e. The van der Waals surface area contributed by atoms with E-state index in [9.17, 15) is 4.79 Å². The van der Waals surface area contributed by atoms with Crippen molar-refractivity contribution in [3.05, 3.63) is 30.1 Å². The minimum atomic E-state index is -1.56. The van der Waals surface area contributed by atoms with Gasteiger partial charge >= 0.3 is 13.1 Å². The first-order valence-corrected chi connectivity index (χ1v) is 5.14. The van der Waals surface area contributed by atoms with Crippen LogP contribution in [-0.4, -0.2) is 39.4 Å². The largest absolute Gasteiger partial charge is 0.490 e. The van der Waals surface area contributed by atoms with Gasteiger partial charge in [-0.3, -0.25) is 0 Å². The molecule has 0 atom stereocenters. The van der Waals surface area contributed by atoms with Crippen molar-refractivity contribution in [2.75, 3.05) is 6.61 Å². The highest BCUT2D eigenvalue weighted by atomic mass is 16.5. The van der Waals surface area contributed by atoms with Crippen molar-refractivity contribution < 1.29 is 19.6 Å². The second-order valence-electron chi connectivity index (χ2n) is 3.44. The molecule has 2 aromatic rings. The summed E-state index contributed by atoms with van der Waals surface area (Å²) in [7, 11) is -1.56. The van der Waals surface area contributed by atoms with Crippen LogP contribution in [0.25, 0.3) is 5.52 Å². The van der Waals surface area contributed by atoms with Crippen LogP contribution in [0.2, 0.25) is 0 Å². The van der Waals surface area contributed by atoms with E-state index in [4.69, 9.17) is 14.8 Å². The predicted molar refractivity (Wildman–Crippen MR) is 61.0 cm³/mol. The fraction of sp³-hybridized carbons (Fsp3) is 0.200. The molecule has 0 bridgehead atoms. The molecule has 6 nitrogen and oxygen atoms in total. The van der Waals surface area contributed by atoms with Crippen LogP contribution < -0.4 is 5.46 Å². The highest BCUT2D eigenvalue weighted by molar-refractivity contribution is 6.58. The molecule has 0 spiro atoms. The lowest BCUT2D eigenvalue weighted by molar-refractivity contribution is 0.0528. The molecule has 0 fully saturated rings. The van der Waals surface area contributed by atoms with Crippen molar-refractivity contribution in [1.29, 1.82) is 0 Å². The number of aromatic nitrogens is 2. The highest BCUT2D eigenvalue weighted by Gasteiger charge is 2.16. The van der Waals surface area contributed by atoms with Gasteiger partial charge in [0.05, 0.1) is 18.3 Å². The average Bonchev–Trinajstić information content (AvgIpc) is 2.71. The lowest BCUT2D eigenvalue weighted by Crippen LogP contribution is -2.30. The van der Waals surface area contributed by atoms with Gasteiger partial charge in [-0.1, -0.05) is 6.07 Å². The first-order valence-electron chi connectivity index (χ1n) is 5.14. The number of fused-ring (bicyclic) bond motifs is 1. The van der Waals surface area contributed by atoms with Gasteiger partial charge in [0.1, 0.15) is 5.56 Å². The monoisotopic (exact) mass is 234 g/mol. The lowest BCUT2D eigenvalue weighted by atomic mass is 9.82. The molecular formula is C10H11BN2O4. The van der Waals surface area contributed by atoms with Crippen LogP contribution in [0.3, 0.4) is 0 Å². The maximum atomic E-state index is 11.6. The molecule has 0 aliphatic carbocycles. The second-order valence-corrected chi connectivity index (χ2v) is 3.44. The van der Waals surface area contributed by atoms with Crippen molar-refractivity contribution in [1.82, 2.24) is 9.61 Å². The van der Waals surface area contributed by atoms with Crippen LogP contribution in [0, 0.1) is 0 Å². The van der Waals surface area contributed by atoms with Gasteiger partial charge in [-0.25, -0.2) is 9.31 Å². The second kappa shape index (κ2) is 4.56. The first-order chi connectivity index (χ1) is 8.13. The molecular weight excluding hydrogens is 223 g/mol. The number of carbonyl (C=O) groups is 1. The van der Waals surface area contributed by atoms with Crippen molar-refractivity contribution in [2.24, 2.45) is 0 Å². The maximum Gasteiger partial charge on any atom is 0.490 e. The minimum absolute atomic E-state index is 0.295. The Hall–Kier alpha value is -1.86. The highest BCUT2D eigenvalue weighted by Crippen LogP contribution is 2.10. The van der Waals surface area contributed by atoms with E-state index in [0.29, 0.717) is 23.1 Å². The summed E-state index contributed by atoms with van der Waals surface area (Å²) < 4.78 is 6.28. The Labute approximate surface area is 97.6 Å². The summed E-state index contributed by atoms with van der Waals surface area (Å²) in [5.74, 6) is -0.445.